The standard InChI is InChI=1S/C30H23F4NO3S/c1-19-2-4-20(5-3-19)10-12-29(37,27(36)35-23-7-9-26-21(16-23)11-15-39(26)38)18-28(13-14-28)24-17-22(30(32,33)34)6-8-25(24)31/h2-9,11,15-17,37H,13-14,18H2,1H3,(H,35,36). The van der Waals surface area contributed by atoms with E-state index in [2.05, 4.69) is 17.2 Å². The van der Waals surface area contributed by atoms with Crippen LogP contribution in [-0.2, 0) is 27.2 Å². The molecular weight excluding hydrogens is 530 g/mol. The van der Waals surface area contributed by atoms with Gasteiger partial charge in [0.25, 0.3) is 5.91 Å². The fraction of sp³-hybridized carbons (Fsp3) is 0.233. The van der Waals surface area contributed by atoms with Crippen molar-refractivity contribution in [2.75, 3.05) is 5.32 Å². The zero-order chi connectivity index (χ0) is 28.0. The minimum Gasteiger partial charge on any atom is -0.369 e. The van der Waals surface area contributed by atoms with Gasteiger partial charge in [-0.05, 0) is 85.5 Å². The Kier molecular flexibility index (Phi) is 6.73. The molecule has 0 aromatic heterocycles. The summed E-state index contributed by atoms with van der Waals surface area (Å²) in [5.41, 5.74) is -2.31. The Balaban J connectivity index is 1.51. The normalized spacial score (nSPS) is 18.5. The molecule has 200 valence electrons. The van der Waals surface area contributed by atoms with Crippen LogP contribution in [0.1, 0.15) is 47.1 Å². The zero-order valence-electron chi connectivity index (χ0n) is 20.7. The number of rotatable bonds is 5. The molecule has 1 fully saturated rings. The molecule has 3 aromatic rings. The number of nitrogens with one attached hydrogen (secondary N) is 1. The molecule has 39 heavy (non-hydrogen) atoms. The van der Waals surface area contributed by atoms with Gasteiger partial charge in [-0.3, -0.25) is 4.79 Å². The summed E-state index contributed by atoms with van der Waals surface area (Å²) in [6.07, 6.45) is -2.87. The molecule has 2 N–H and O–H groups in total. The van der Waals surface area contributed by atoms with Crippen molar-refractivity contribution in [1.29, 1.82) is 0 Å². The lowest BCUT2D eigenvalue weighted by atomic mass is 9.81. The molecule has 1 amide bonds. The van der Waals surface area contributed by atoms with Gasteiger partial charge in [-0.15, -0.1) is 0 Å². The second-order valence-electron chi connectivity index (χ2n) is 9.93. The average Bonchev–Trinajstić information content (AvgIpc) is 3.57. The molecule has 1 saturated carbocycles. The van der Waals surface area contributed by atoms with E-state index in [1.165, 1.54) is 11.5 Å². The SMILES string of the molecule is Cc1ccc(C#CC(O)(CC2(c3cc(C(F)(F)F)ccc3F)CC2)C(=O)Nc2ccc3c(c2)C=CS3=O)cc1. The Labute approximate surface area is 225 Å². The molecule has 2 atom stereocenters. The maximum absolute atomic E-state index is 14.8. The third kappa shape index (κ3) is 5.54. The highest BCUT2D eigenvalue weighted by molar-refractivity contribution is 7.88. The van der Waals surface area contributed by atoms with Gasteiger partial charge >= 0.3 is 6.18 Å². The van der Waals surface area contributed by atoms with E-state index in [1.807, 2.05) is 19.1 Å². The van der Waals surface area contributed by atoms with E-state index in [9.17, 15) is 31.7 Å². The summed E-state index contributed by atoms with van der Waals surface area (Å²) in [5.74, 6) is 3.68. The van der Waals surface area contributed by atoms with Gasteiger partial charge in [0.05, 0.1) is 21.3 Å². The first-order valence-electron chi connectivity index (χ1n) is 12.1. The molecule has 1 aliphatic carbocycles. The van der Waals surface area contributed by atoms with Crippen molar-refractivity contribution in [3.63, 3.8) is 0 Å². The molecule has 2 unspecified atom stereocenters. The van der Waals surface area contributed by atoms with E-state index < -0.39 is 51.7 Å². The Hall–Kier alpha value is -3.74. The first-order chi connectivity index (χ1) is 18.4. The van der Waals surface area contributed by atoms with Gasteiger partial charge in [0.2, 0.25) is 5.60 Å². The number of hydrogen-bond donors (Lipinski definition) is 2. The predicted octanol–water partition coefficient (Wildman–Crippen LogP) is 6.09. The van der Waals surface area contributed by atoms with Gasteiger partial charge in [0, 0.05) is 28.5 Å². The van der Waals surface area contributed by atoms with Crippen LogP contribution in [0.3, 0.4) is 0 Å². The molecule has 0 bridgehead atoms. The van der Waals surface area contributed by atoms with Crippen LogP contribution in [0.25, 0.3) is 6.08 Å². The first kappa shape index (κ1) is 26.9. The van der Waals surface area contributed by atoms with Crippen LogP contribution in [0, 0.1) is 24.6 Å². The van der Waals surface area contributed by atoms with Gasteiger partial charge < -0.3 is 10.4 Å². The third-order valence-corrected chi connectivity index (χ3v) is 8.20. The Bertz CT molecular complexity index is 1580. The van der Waals surface area contributed by atoms with Gasteiger partial charge in [-0.25, -0.2) is 8.60 Å². The van der Waals surface area contributed by atoms with E-state index in [-0.39, 0.29) is 18.4 Å². The van der Waals surface area contributed by atoms with Crippen molar-refractivity contribution in [1.82, 2.24) is 0 Å². The molecule has 1 aliphatic heterocycles. The van der Waals surface area contributed by atoms with Crippen LogP contribution in [0.15, 0.2) is 71.0 Å². The summed E-state index contributed by atoms with van der Waals surface area (Å²) in [6, 6.07) is 14.0. The quantitative estimate of drug-likeness (QED) is 0.297. The Morgan fingerprint density at radius 3 is 2.46 bits per heavy atom. The Morgan fingerprint density at radius 2 is 1.79 bits per heavy atom. The molecular formula is C30H23F4NO3S. The van der Waals surface area contributed by atoms with Gasteiger partial charge in [0.15, 0.2) is 0 Å². The van der Waals surface area contributed by atoms with E-state index >= 15 is 0 Å². The summed E-state index contributed by atoms with van der Waals surface area (Å²) in [4.78, 5) is 14.1. The number of aliphatic hydroxyl groups is 1. The molecule has 0 spiro atoms. The molecule has 4 nitrogen and oxygen atoms in total. The number of halogens is 4. The van der Waals surface area contributed by atoms with Gasteiger partial charge in [-0.1, -0.05) is 29.5 Å². The van der Waals surface area contributed by atoms with Crippen molar-refractivity contribution in [3.05, 3.63) is 99.7 Å². The third-order valence-electron chi connectivity index (χ3n) is 7.01. The average molecular weight is 554 g/mol. The summed E-state index contributed by atoms with van der Waals surface area (Å²) in [7, 11) is -1.28. The molecule has 1 heterocycles. The second kappa shape index (κ2) is 9.78. The largest absolute Gasteiger partial charge is 0.416 e. The number of aryl methyl sites for hydroxylation is 1. The molecule has 0 saturated heterocycles. The highest BCUT2D eigenvalue weighted by Crippen LogP contribution is 2.55. The highest BCUT2D eigenvalue weighted by Gasteiger charge is 2.54. The second-order valence-corrected chi connectivity index (χ2v) is 11.2. The minimum atomic E-state index is -4.68. The molecule has 0 radical (unpaired) electrons. The number of fused-ring (bicyclic) bond motifs is 1. The van der Waals surface area contributed by atoms with Crippen LogP contribution < -0.4 is 5.32 Å². The monoisotopic (exact) mass is 553 g/mol. The number of alkyl halides is 3. The van der Waals surface area contributed by atoms with E-state index in [0.717, 1.165) is 17.7 Å². The molecule has 3 aromatic carbocycles. The summed E-state index contributed by atoms with van der Waals surface area (Å²) in [5, 5.41) is 15.8. The van der Waals surface area contributed by atoms with Crippen LogP contribution in [0.4, 0.5) is 23.2 Å². The smallest absolute Gasteiger partial charge is 0.369 e. The fourth-order valence-corrected chi connectivity index (χ4v) is 5.64. The fourth-order valence-electron chi connectivity index (χ4n) is 4.67. The minimum absolute atomic E-state index is 0.203. The maximum atomic E-state index is 14.8. The maximum Gasteiger partial charge on any atom is 0.416 e. The number of carbonyl (C=O) groups is 1. The lowest BCUT2D eigenvalue weighted by Gasteiger charge is -2.28. The van der Waals surface area contributed by atoms with Crippen LogP contribution in [0.2, 0.25) is 0 Å². The van der Waals surface area contributed by atoms with Crippen molar-refractivity contribution in [2.45, 2.75) is 48.3 Å². The summed E-state index contributed by atoms with van der Waals surface area (Å²) < 4.78 is 67.0. The number of amides is 1. The van der Waals surface area contributed by atoms with E-state index in [4.69, 9.17) is 0 Å². The summed E-state index contributed by atoms with van der Waals surface area (Å²) in [6.45, 7) is 1.89. The van der Waals surface area contributed by atoms with Crippen LogP contribution in [0.5, 0.6) is 0 Å². The Morgan fingerprint density at radius 1 is 1.08 bits per heavy atom. The predicted molar refractivity (Wildman–Crippen MR) is 140 cm³/mol. The molecule has 5 rings (SSSR count). The van der Waals surface area contributed by atoms with Gasteiger partial charge in [0.1, 0.15) is 5.82 Å². The molecule has 2 aliphatic rings. The molecule has 9 heteroatoms. The van der Waals surface area contributed by atoms with Crippen molar-refractivity contribution >= 4 is 28.5 Å². The topological polar surface area (TPSA) is 66.4 Å². The first-order valence-corrected chi connectivity index (χ1v) is 13.3. The van der Waals surface area contributed by atoms with Crippen molar-refractivity contribution in [2.24, 2.45) is 0 Å². The highest BCUT2D eigenvalue weighted by atomic mass is 32.2. The summed E-state index contributed by atoms with van der Waals surface area (Å²) >= 11 is 0. The lowest BCUT2D eigenvalue weighted by Crippen LogP contribution is -2.44. The van der Waals surface area contributed by atoms with E-state index in [1.54, 1.807) is 30.3 Å². The lowest BCUT2D eigenvalue weighted by molar-refractivity contribution is -0.137. The number of benzene rings is 3. The number of carbonyl (C=O) groups excluding carboxylic acids is 1. The zero-order valence-corrected chi connectivity index (χ0v) is 21.5. The van der Waals surface area contributed by atoms with Crippen LogP contribution >= 0.6 is 0 Å². The van der Waals surface area contributed by atoms with Crippen LogP contribution in [-0.4, -0.2) is 20.8 Å². The van der Waals surface area contributed by atoms with Crippen molar-refractivity contribution in [3.8, 4) is 11.8 Å². The van der Waals surface area contributed by atoms with Crippen molar-refractivity contribution < 1.29 is 31.7 Å². The number of hydrogen-bond acceptors (Lipinski definition) is 3. The van der Waals surface area contributed by atoms with Gasteiger partial charge in [-0.2, -0.15) is 13.2 Å². The van der Waals surface area contributed by atoms with E-state index in [0.29, 0.717) is 27.8 Å². The number of anilines is 1.